The molecule has 0 aromatic heterocycles. The van der Waals surface area contributed by atoms with Crippen LogP contribution in [-0.2, 0) is 9.53 Å². The number of ether oxygens (including phenoxy) is 1. The fraction of sp³-hybridized carbons (Fsp3) is 0.167. The van der Waals surface area contributed by atoms with Gasteiger partial charge in [0.15, 0.2) is 6.61 Å². The number of nitrogens with zero attached hydrogens (tertiary/aromatic N) is 1. The molecule has 3 N–H and O–H groups in total. The Balaban J connectivity index is 2.02. The number of carbonyl (C=O) groups is 2. The number of anilines is 2. The molecule has 0 heterocycles. The SMILES string of the molecule is Cc1cc(SC#N)cc(C)c1NC(=O)COC(=O)c1cc(Cl)ccc1N. The van der Waals surface area contributed by atoms with Crippen molar-refractivity contribution in [2.24, 2.45) is 0 Å². The number of nitrogens with one attached hydrogen (secondary N) is 1. The summed E-state index contributed by atoms with van der Waals surface area (Å²) in [6.07, 6.45) is 0. The number of hydrogen-bond donors (Lipinski definition) is 2. The molecule has 2 aromatic carbocycles. The molecule has 0 aliphatic rings. The van der Waals surface area contributed by atoms with Crippen LogP contribution in [-0.4, -0.2) is 18.5 Å². The summed E-state index contributed by atoms with van der Waals surface area (Å²) in [6, 6.07) is 8.04. The minimum Gasteiger partial charge on any atom is -0.452 e. The molecule has 0 radical (unpaired) electrons. The summed E-state index contributed by atoms with van der Waals surface area (Å²) in [7, 11) is 0. The van der Waals surface area contributed by atoms with E-state index in [0.717, 1.165) is 27.8 Å². The zero-order valence-electron chi connectivity index (χ0n) is 14.1. The number of nitrogens with two attached hydrogens (primary N) is 1. The summed E-state index contributed by atoms with van der Waals surface area (Å²) >= 11 is 6.88. The lowest BCUT2D eigenvalue weighted by atomic mass is 10.1. The number of halogens is 1. The topological polar surface area (TPSA) is 105 Å². The normalized spacial score (nSPS) is 10.1. The van der Waals surface area contributed by atoms with Gasteiger partial charge in [0.05, 0.1) is 5.56 Å². The Bertz CT molecular complexity index is 886. The molecule has 0 saturated carbocycles. The van der Waals surface area contributed by atoms with Crippen LogP contribution in [0.2, 0.25) is 5.02 Å². The predicted octanol–water partition coefficient (Wildman–Crippen LogP) is 3.91. The van der Waals surface area contributed by atoms with Crippen molar-refractivity contribution in [3.8, 4) is 5.40 Å². The van der Waals surface area contributed by atoms with E-state index in [-0.39, 0.29) is 11.3 Å². The van der Waals surface area contributed by atoms with Gasteiger partial charge in [-0.2, -0.15) is 5.26 Å². The van der Waals surface area contributed by atoms with Crippen LogP contribution < -0.4 is 11.1 Å². The third-order valence-electron chi connectivity index (χ3n) is 3.50. The van der Waals surface area contributed by atoms with Crippen molar-refractivity contribution in [3.05, 3.63) is 52.0 Å². The molecule has 2 aromatic rings. The summed E-state index contributed by atoms with van der Waals surface area (Å²) in [5, 5.41) is 13.8. The second-order valence-electron chi connectivity index (χ2n) is 5.48. The maximum Gasteiger partial charge on any atom is 0.340 e. The highest BCUT2D eigenvalue weighted by Crippen LogP contribution is 2.27. The lowest BCUT2D eigenvalue weighted by molar-refractivity contribution is -0.119. The first-order valence-electron chi connectivity index (χ1n) is 7.51. The number of thioether (sulfide) groups is 1. The van der Waals surface area contributed by atoms with Crippen LogP contribution in [0.1, 0.15) is 21.5 Å². The Hall–Kier alpha value is -2.69. The van der Waals surface area contributed by atoms with Crippen LogP contribution in [0.15, 0.2) is 35.2 Å². The molecular weight excluding hydrogens is 374 g/mol. The number of nitriles is 1. The first kappa shape index (κ1) is 19.6. The molecule has 134 valence electrons. The quantitative estimate of drug-likeness (QED) is 0.347. The van der Waals surface area contributed by atoms with Crippen LogP contribution in [0.4, 0.5) is 11.4 Å². The summed E-state index contributed by atoms with van der Waals surface area (Å²) < 4.78 is 5.00. The Morgan fingerprint density at radius 2 is 1.92 bits per heavy atom. The zero-order chi connectivity index (χ0) is 19.3. The fourth-order valence-electron chi connectivity index (χ4n) is 2.32. The van der Waals surface area contributed by atoms with Gasteiger partial charge in [0.1, 0.15) is 5.40 Å². The van der Waals surface area contributed by atoms with Crippen molar-refractivity contribution in [3.63, 3.8) is 0 Å². The molecule has 0 atom stereocenters. The van der Waals surface area contributed by atoms with Gasteiger partial charge in [-0.1, -0.05) is 11.6 Å². The summed E-state index contributed by atoms with van der Waals surface area (Å²) in [4.78, 5) is 25.0. The number of thiocyanates is 1. The number of amides is 1. The van der Waals surface area contributed by atoms with Crippen molar-refractivity contribution in [1.29, 1.82) is 5.26 Å². The third kappa shape index (κ3) is 4.91. The van der Waals surface area contributed by atoms with Gasteiger partial charge >= 0.3 is 5.97 Å². The average Bonchev–Trinajstić information content (AvgIpc) is 2.58. The van der Waals surface area contributed by atoms with Crippen LogP contribution in [0.25, 0.3) is 0 Å². The van der Waals surface area contributed by atoms with Gasteiger partial charge in [0, 0.05) is 21.3 Å². The maximum atomic E-state index is 12.1. The van der Waals surface area contributed by atoms with E-state index in [1.54, 1.807) is 18.2 Å². The summed E-state index contributed by atoms with van der Waals surface area (Å²) in [6.45, 7) is 3.18. The smallest absolute Gasteiger partial charge is 0.340 e. The number of hydrogen-bond acceptors (Lipinski definition) is 6. The summed E-state index contributed by atoms with van der Waals surface area (Å²) in [5.41, 5.74) is 8.28. The summed E-state index contributed by atoms with van der Waals surface area (Å²) in [5.74, 6) is -1.21. The van der Waals surface area contributed by atoms with E-state index in [0.29, 0.717) is 10.7 Å². The second-order valence-corrected chi connectivity index (χ2v) is 6.78. The molecule has 1 amide bonds. The van der Waals surface area contributed by atoms with Crippen LogP contribution in [0.3, 0.4) is 0 Å². The first-order valence-corrected chi connectivity index (χ1v) is 8.70. The molecule has 8 heteroatoms. The van der Waals surface area contributed by atoms with E-state index in [4.69, 9.17) is 27.3 Å². The van der Waals surface area contributed by atoms with Gasteiger partial charge in [-0.05, 0) is 67.1 Å². The molecule has 6 nitrogen and oxygen atoms in total. The standard InChI is InChI=1S/C18H16ClN3O3S/c1-10-5-13(26-9-20)6-11(2)17(10)22-16(23)8-25-18(24)14-7-12(19)3-4-15(14)21/h3-7H,8,21H2,1-2H3,(H,22,23). The maximum absolute atomic E-state index is 12.1. The first-order chi connectivity index (χ1) is 12.3. The van der Waals surface area contributed by atoms with E-state index < -0.39 is 18.5 Å². The van der Waals surface area contributed by atoms with Crippen molar-refractivity contribution >= 4 is 46.6 Å². The highest BCUT2D eigenvalue weighted by molar-refractivity contribution is 8.03. The number of benzene rings is 2. The van der Waals surface area contributed by atoms with Crippen molar-refractivity contribution in [2.45, 2.75) is 18.7 Å². The highest BCUT2D eigenvalue weighted by atomic mass is 35.5. The molecule has 0 unspecified atom stereocenters. The van der Waals surface area contributed by atoms with Gasteiger partial charge in [-0.3, -0.25) is 4.79 Å². The molecule has 0 aliphatic carbocycles. The van der Waals surface area contributed by atoms with Crippen molar-refractivity contribution in [1.82, 2.24) is 0 Å². The Labute approximate surface area is 160 Å². The van der Waals surface area contributed by atoms with E-state index in [2.05, 4.69) is 5.32 Å². The van der Waals surface area contributed by atoms with E-state index in [1.807, 2.05) is 19.2 Å². The highest BCUT2D eigenvalue weighted by Gasteiger charge is 2.15. The molecule has 0 fully saturated rings. The third-order valence-corrected chi connectivity index (χ3v) is 4.30. The van der Waals surface area contributed by atoms with Crippen LogP contribution in [0, 0.1) is 24.5 Å². The molecule has 0 spiro atoms. The lowest BCUT2D eigenvalue weighted by Gasteiger charge is -2.13. The minimum atomic E-state index is -0.727. The lowest BCUT2D eigenvalue weighted by Crippen LogP contribution is -2.22. The molecule has 0 bridgehead atoms. The fourth-order valence-corrected chi connectivity index (χ4v) is 3.07. The van der Waals surface area contributed by atoms with Gasteiger partial charge in [-0.25, -0.2) is 4.79 Å². The molecule has 2 rings (SSSR count). The number of rotatable bonds is 5. The van der Waals surface area contributed by atoms with Gasteiger partial charge in [0.2, 0.25) is 0 Å². The van der Waals surface area contributed by atoms with Gasteiger partial charge in [0.25, 0.3) is 5.91 Å². The van der Waals surface area contributed by atoms with Crippen LogP contribution >= 0.6 is 23.4 Å². The van der Waals surface area contributed by atoms with E-state index in [1.165, 1.54) is 12.1 Å². The van der Waals surface area contributed by atoms with E-state index in [9.17, 15) is 9.59 Å². The Kier molecular flexibility index (Phi) is 6.50. The van der Waals surface area contributed by atoms with Crippen molar-refractivity contribution in [2.75, 3.05) is 17.7 Å². The number of carbonyl (C=O) groups excluding carboxylic acids is 2. The van der Waals surface area contributed by atoms with Gasteiger partial charge < -0.3 is 15.8 Å². The molecule has 26 heavy (non-hydrogen) atoms. The van der Waals surface area contributed by atoms with E-state index >= 15 is 0 Å². The largest absolute Gasteiger partial charge is 0.452 e. The molecule has 0 saturated heterocycles. The minimum absolute atomic E-state index is 0.107. The van der Waals surface area contributed by atoms with Gasteiger partial charge in [-0.15, -0.1) is 0 Å². The zero-order valence-corrected chi connectivity index (χ0v) is 15.7. The average molecular weight is 390 g/mol. The van der Waals surface area contributed by atoms with Crippen molar-refractivity contribution < 1.29 is 14.3 Å². The Morgan fingerprint density at radius 1 is 1.27 bits per heavy atom. The number of esters is 1. The predicted molar refractivity (Wildman–Crippen MR) is 102 cm³/mol. The number of nitrogen functional groups attached to an aromatic ring is 1. The monoisotopic (exact) mass is 389 g/mol. The number of aryl methyl sites for hydroxylation is 2. The second kappa shape index (κ2) is 8.61. The van der Waals surface area contributed by atoms with Crippen LogP contribution in [0.5, 0.6) is 0 Å². The Morgan fingerprint density at radius 3 is 2.54 bits per heavy atom. The molecule has 0 aliphatic heterocycles. The molecular formula is C18H16ClN3O3S.